The lowest BCUT2D eigenvalue weighted by Crippen LogP contribution is -2.22. The van der Waals surface area contributed by atoms with E-state index in [4.69, 9.17) is 0 Å². The minimum absolute atomic E-state index is 0.316. The molecule has 6 nitrogen and oxygen atoms in total. The third kappa shape index (κ3) is 4.47. The SMILES string of the molecule is CCN(CC)c1ccc(NC(=O)Nc2cc(-c3ccccc3)n(C)n2)cc1. The number of amides is 2. The van der Waals surface area contributed by atoms with Gasteiger partial charge in [0, 0.05) is 37.6 Å². The minimum Gasteiger partial charge on any atom is -0.372 e. The van der Waals surface area contributed by atoms with Gasteiger partial charge in [-0.25, -0.2) is 4.79 Å². The summed E-state index contributed by atoms with van der Waals surface area (Å²) >= 11 is 0. The van der Waals surface area contributed by atoms with Gasteiger partial charge < -0.3 is 10.2 Å². The molecule has 0 aliphatic carbocycles. The van der Waals surface area contributed by atoms with E-state index in [9.17, 15) is 4.79 Å². The third-order valence-corrected chi connectivity index (χ3v) is 4.44. The van der Waals surface area contributed by atoms with Gasteiger partial charge in [0.15, 0.2) is 5.82 Å². The van der Waals surface area contributed by atoms with Crippen molar-refractivity contribution in [3.8, 4) is 11.3 Å². The number of anilines is 3. The molecule has 0 aliphatic rings. The van der Waals surface area contributed by atoms with Gasteiger partial charge in [0.2, 0.25) is 0 Å². The number of carbonyl (C=O) groups is 1. The monoisotopic (exact) mass is 363 g/mol. The minimum atomic E-state index is -0.316. The van der Waals surface area contributed by atoms with E-state index in [0.29, 0.717) is 5.82 Å². The fraction of sp³-hybridized carbons (Fsp3) is 0.238. The Bertz CT molecular complexity index is 883. The molecule has 0 radical (unpaired) electrons. The van der Waals surface area contributed by atoms with Crippen molar-refractivity contribution in [3.63, 3.8) is 0 Å². The molecular weight excluding hydrogens is 338 g/mol. The topological polar surface area (TPSA) is 62.2 Å². The van der Waals surface area contributed by atoms with Crippen molar-refractivity contribution < 1.29 is 4.79 Å². The van der Waals surface area contributed by atoms with Crippen LogP contribution in [0.1, 0.15) is 13.8 Å². The molecule has 0 aliphatic heterocycles. The van der Waals surface area contributed by atoms with Gasteiger partial charge in [0.1, 0.15) is 0 Å². The zero-order valence-corrected chi connectivity index (χ0v) is 15.9. The Hall–Kier alpha value is -3.28. The van der Waals surface area contributed by atoms with Crippen molar-refractivity contribution in [3.05, 3.63) is 60.7 Å². The van der Waals surface area contributed by atoms with E-state index in [2.05, 4.69) is 34.5 Å². The average molecular weight is 363 g/mol. The van der Waals surface area contributed by atoms with E-state index in [1.54, 1.807) is 4.68 Å². The van der Waals surface area contributed by atoms with Crippen LogP contribution < -0.4 is 15.5 Å². The summed E-state index contributed by atoms with van der Waals surface area (Å²) in [6, 6.07) is 19.3. The molecule has 0 spiro atoms. The summed E-state index contributed by atoms with van der Waals surface area (Å²) in [5, 5.41) is 10.00. The van der Waals surface area contributed by atoms with Crippen molar-refractivity contribution in [2.24, 2.45) is 7.05 Å². The summed E-state index contributed by atoms with van der Waals surface area (Å²) in [6.07, 6.45) is 0. The van der Waals surface area contributed by atoms with Gasteiger partial charge in [-0.05, 0) is 43.7 Å². The largest absolute Gasteiger partial charge is 0.372 e. The molecule has 0 unspecified atom stereocenters. The van der Waals surface area contributed by atoms with Crippen molar-refractivity contribution in [1.29, 1.82) is 0 Å². The van der Waals surface area contributed by atoms with Crippen LogP contribution in [0, 0.1) is 0 Å². The molecule has 2 N–H and O–H groups in total. The first-order valence-corrected chi connectivity index (χ1v) is 9.13. The summed E-state index contributed by atoms with van der Waals surface area (Å²) in [6.45, 7) is 6.15. The molecule has 1 aromatic heterocycles. The maximum atomic E-state index is 12.3. The van der Waals surface area contributed by atoms with Crippen molar-refractivity contribution in [2.45, 2.75) is 13.8 Å². The predicted molar refractivity (Wildman–Crippen MR) is 111 cm³/mol. The Morgan fingerprint density at radius 2 is 1.67 bits per heavy atom. The maximum Gasteiger partial charge on any atom is 0.324 e. The molecule has 0 bridgehead atoms. The molecule has 2 aromatic carbocycles. The van der Waals surface area contributed by atoms with Gasteiger partial charge in [-0.1, -0.05) is 30.3 Å². The lowest BCUT2D eigenvalue weighted by Gasteiger charge is -2.21. The Kier molecular flexibility index (Phi) is 5.76. The van der Waals surface area contributed by atoms with E-state index < -0.39 is 0 Å². The van der Waals surface area contributed by atoms with Gasteiger partial charge in [-0.2, -0.15) is 5.10 Å². The molecule has 1 heterocycles. The highest BCUT2D eigenvalue weighted by atomic mass is 16.2. The Morgan fingerprint density at radius 1 is 1.00 bits per heavy atom. The standard InChI is InChI=1S/C21H25N5O/c1-4-26(5-2)18-13-11-17(12-14-18)22-21(27)23-20-15-19(25(3)24-20)16-9-7-6-8-10-16/h6-15H,4-5H2,1-3H3,(H2,22,23,24,27). The number of carbonyl (C=O) groups excluding carboxylic acids is 1. The van der Waals surface area contributed by atoms with Crippen molar-refractivity contribution in [1.82, 2.24) is 9.78 Å². The number of hydrogen-bond donors (Lipinski definition) is 2. The molecule has 0 saturated carbocycles. The Balaban J connectivity index is 1.64. The van der Waals surface area contributed by atoms with E-state index in [0.717, 1.165) is 35.7 Å². The number of aryl methyl sites for hydroxylation is 1. The summed E-state index contributed by atoms with van der Waals surface area (Å²) in [7, 11) is 1.86. The van der Waals surface area contributed by atoms with Crippen LogP contribution in [0.25, 0.3) is 11.3 Å². The number of hydrogen-bond acceptors (Lipinski definition) is 3. The summed E-state index contributed by atoms with van der Waals surface area (Å²) in [4.78, 5) is 14.5. The highest BCUT2D eigenvalue weighted by Crippen LogP contribution is 2.22. The first-order chi connectivity index (χ1) is 13.1. The number of benzene rings is 2. The number of nitrogens with one attached hydrogen (secondary N) is 2. The number of nitrogens with zero attached hydrogens (tertiary/aromatic N) is 3. The molecule has 140 valence electrons. The fourth-order valence-electron chi connectivity index (χ4n) is 3.03. The first-order valence-electron chi connectivity index (χ1n) is 9.13. The second-order valence-corrected chi connectivity index (χ2v) is 6.20. The van der Waals surface area contributed by atoms with Crippen molar-refractivity contribution in [2.75, 3.05) is 28.6 Å². The summed E-state index contributed by atoms with van der Waals surface area (Å²) in [5.74, 6) is 0.508. The average Bonchev–Trinajstić information content (AvgIpc) is 3.04. The second kappa shape index (κ2) is 8.40. The van der Waals surface area contributed by atoms with Crippen LogP contribution in [-0.4, -0.2) is 28.9 Å². The van der Waals surface area contributed by atoms with Crippen molar-refractivity contribution >= 4 is 23.2 Å². The second-order valence-electron chi connectivity index (χ2n) is 6.20. The Morgan fingerprint density at radius 3 is 2.30 bits per heavy atom. The Labute approximate surface area is 159 Å². The number of rotatable bonds is 6. The molecular formula is C21H25N5O. The zero-order chi connectivity index (χ0) is 19.2. The molecule has 3 rings (SSSR count). The van der Waals surface area contributed by atoms with Gasteiger partial charge in [0.25, 0.3) is 0 Å². The predicted octanol–water partition coefficient (Wildman–Crippen LogP) is 4.58. The van der Waals surface area contributed by atoms with Crippen LogP contribution in [0.3, 0.4) is 0 Å². The highest BCUT2D eigenvalue weighted by molar-refractivity contribution is 5.99. The third-order valence-electron chi connectivity index (χ3n) is 4.44. The molecule has 0 fully saturated rings. The van der Waals surface area contributed by atoms with Gasteiger partial charge in [-0.3, -0.25) is 10.00 Å². The highest BCUT2D eigenvalue weighted by Gasteiger charge is 2.10. The van der Waals surface area contributed by atoms with E-state index in [-0.39, 0.29) is 6.03 Å². The fourth-order valence-corrected chi connectivity index (χ4v) is 3.03. The lowest BCUT2D eigenvalue weighted by atomic mass is 10.1. The molecule has 0 atom stereocenters. The number of aromatic nitrogens is 2. The van der Waals surface area contributed by atoms with Crippen LogP contribution in [0.4, 0.5) is 22.0 Å². The zero-order valence-electron chi connectivity index (χ0n) is 15.9. The van der Waals surface area contributed by atoms with Crippen LogP contribution >= 0.6 is 0 Å². The van der Waals surface area contributed by atoms with E-state index in [1.165, 1.54) is 0 Å². The van der Waals surface area contributed by atoms with E-state index >= 15 is 0 Å². The maximum absolute atomic E-state index is 12.3. The van der Waals surface area contributed by atoms with Crippen LogP contribution in [0.5, 0.6) is 0 Å². The first kappa shape index (κ1) is 18.5. The molecule has 3 aromatic rings. The van der Waals surface area contributed by atoms with E-state index in [1.807, 2.05) is 67.7 Å². The van der Waals surface area contributed by atoms with Crippen LogP contribution in [-0.2, 0) is 7.05 Å². The summed E-state index contributed by atoms with van der Waals surface area (Å²) in [5.41, 5.74) is 3.87. The summed E-state index contributed by atoms with van der Waals surface area (Å²) < 4.78 is 1.75. The van der Waals surface area contributed by atoms with Gasteiger partial charge in [-0.15, -0.1) is 0 Å². The normalized spacial score (nSPS) is 10.5. The quantitative estimate of drug-likeness (QED) is 0.674. The lowest BCUT2D eigenvalue weighted by molar-refractivity contribution is 0.262. The van der Waals surface area contributed by atoms with Crippen LogP contribution in [0.15, 0.2) is 60.7 Å². The van der Waals surface area contributed by atoms with Gasteiger partial charge >= 0.3 is 6.03 Å². The molecule has 0 saturated heterocycles. The smallest absolute Gasteiger partial charge is 0.324 e. The molecule has 2 amide bonds. The van der Waals surface area contributed by atoms with Gasteiger partial charge in [0.05, 0.1) is 5.69 Å². The molecule has 6 heteroatoms. The van der Waals surface area contributed by atoms with Crippen LogP contribution in [0.2, 0.25) is 0 Å². The molecule has 27 heavy (non-hydrogen) atoms. The number of urea groups is 1.